The number of carboxylic acid groups (broad SMARTS) is 1. The molecule has 114 valence electrons. The molecule has 2 unspecified atom stereocenters. The minimum Gasteiger partial charge on any atom is -0.481 e. The summed E-state index contributed by atoms with van der Waals surface area (Å²) in [6, 6.07) is 2.79. The minimum atomic E-state index is -1.02. The predicted molar refractivity (Wildman–Crippen MR) is 71.0 cm³/mol. The van der Waals surface area contributed by atoms with Crippen molar-refractivity contribution in [3.05, 3.63) is 29.8 Å². The molecule has 0 aliphatic carbocycles. The van der Waals surface area contributed by atoms with E-state index >= 15 is 0 Å². The topological polar surface area (TPSA) is 75.6 Å². The molecule has 0 bridgehead atoms. The molecule has 2 N–H and O–H groups in total. The standard InChI is InChI=1S/C13H13F2NO4S/c14-9-2-1-7(3-10(9)15)21-6-12(17)16-11-5-20-4-8(11)13(18)19/h1-3,8,11H,4-6H2,(H,16,17)(H,18,19). The van der Waals surface area contributed by atoms with Gasteiger partial charge in [0.05, 0.1) is 25.0 Å². The van der Waals surface area contributed by atoms with Crippen LogP contribution in [0.4, 0.5) is 8.78 Å². The number of hydrogen-bond donors (Lipinski definition) is 2. The first-order chi connectivity index (χ1) is 9.97. The van der Waals surface area contributed by atoms with Crippen molar-refractivity contribution in [1.29, 1.82) is 0 Å². The number of ether oxygens (including phenoxy) is 1. The molecule has 21 heavy (non-hydrogen) atoms. The average molecular weight is 317 g/mol. The second-order valence-electron chi connectivity index (χ2n) is 4.52. The third kappa shape index (κ3) is 4.15. The van der Waals surface area contributed by atoms with E-state index in [2.05, 4.69) is 5.32 Å². The second-order valence-corrected chi connectivity index (χ2v) is 5.57. The molecule has 0 aromatic heterocycles. The Balaban J connectivity index is 1.84. The quantitative estimate of drug-likeness (QED) is 0.800. The zero-order valence-electron chi connectivity index (χ0n) is 10.8. The molecule has 1 aliphatic rings. The Labute approximate surface area is 123 Å². The van der Waals surface area contributed by atoms with Gasteiger partial charge < -0.3 is 15.2 Å². The lowest BCUT2D eigenvalue weighted by Crippen LogP contribution is -2.43. The Morgan fingerprint density at radius 2 is 2.10 bits per heavy atom. The maximum Gasteiger partial charge on any atom is 0.311 e. The van der Waals surface area contributed by atoms with Crippen molar-refractivity contribution in [3.8, 4) is 0 Å². The van der Waals surface area contributed by atoms with Crippen molar-refractivity contribution >= 4 is 23.6 Å². The maximum absolute atomic E-state index is 13.0. The number of benzene rings is 1. The molecule has 1 aromatic rings. The van der Waals surface area contributed by atoms with Crippen molar-refractivity contribution in [2.24, 2.45) is 5.92 Å². The predicted octanol–water partition coefficient (Wildman–Crippen LogP) is 1.27. The number of aliphatic carboxylic acids is 1. The summed E-state index contributed by atoms with van der Waals surface area (Å²) in [4.78, 5) is 23.1. The van der Waals surface area contributed by atoms with Gasteiger partial charge in [0.25, 0.3) is 0 Å². The van der Waals surface area contributed by atoms with Gasteiger partial charge >= 0.3 is 5.97 Å². The van der Waals surface area contributed by atoms with Crippen LogP contribution in [0.2, 0.25) is 0 Å². The molecule has 2 rings (SSSR count). The van der Waals surface area contributed by atoms with Gasteiger partial charge in [0.15, 0.2) is 11.6 Å². The molecular formula is C13H13F2NO4S. The molecule has 1 heterocycles. The van der Waals surface area contributed by atoms with Gasteiger partial charge in [0.2, 0.25) is 5.91 Å². The SMILES string of the molecule is O=C(CSc1ccc(F)c(F)c1)NC1COCC1C(=O)O. The van der Waals surface area contributed by atoms with Crippen LogP contribution in [0.1, 0.15) is 0 Å². The summed E-state index contributed by atoms with van der Waals surface area (Å²) in [5.41, 5.74) is 0. The molecule has 5 nitrogen and oxygen atoms in total. The molecule has 1 aromatic carbocycles. The Morgan fingerprint density at radius 1 is 1.33 bits per heavy atom. The Kier molecular flexibility index (Phi) is 5.13. The summed E-state index contributed by atoms with van der Waals surface area (Å²) >= 11 is 1.04. The van der Waals surface area contributed by atoms with Gasteiger partial charge in [-0.05, 0) is 18.2 Å². The Bertz CT molecular complexity index is 555. The van der Waals surface area contributed by atoms with E-state index < -0.39 is 29.6 Å². The Hall–Kier alpha value is -1.67. The van der Waals surface area contributed by atoms with Crippen LogP contribution in [0, 0.1) is 17.6 Å². The van der Waals surface area contributed by atoms with Crippen LogP contribution in [0.3, 0.4) is 0 Å². The lowest BCUT2D eigenvalue weighted by molar-refractivity contribution is -0.142. The first-order valence-electron chi connectivity index (χ1n) is 6.15. The van der Waals surface area contributed by atoms with E-state index in [4.69, 9.17) is 9.84 Å². The van der Waals surface area contributed by atoms with E-state index in [0.29, 0.717) is 4.90 Å². The van der Waals surface area contributed by atoms with Crippen LogP contribution in [0.25, 0.3) is 0 Å². The molecule has 1 fully saturated rings. The molecule has 0 saturated carbocycles. The van der Waals surface area contributed by atoms with E-state index in [1.165, 1.54) is 6.07 Å². The number of hydrogen-bond acceptors (Lipinski definition) is 4. The smallest absolute Gasteiger partial charge is 0.311 e. The number of carbonyl (C=O) groups excluding carboxylic acids is 1. The first kappa shape index (κ1) is 15.7. The summed E-state index contributed by atoms with van der Waals surface area (Å²) in [6.07, 6.45) is 0. The van der Waals surface area contributed by atoms with Gasteiger partial charge in [0.1, 0.15) is 5.92 Å². The number of carbonyl (C=O) groups is 2. The highest BCUT2D eigenvalue weighted by molar-refractivity contribution is 8.00. The number of halogens is 2. The third-order valence-electron chi connectivity index (χ3n) is 3.01. The van der Waals surface area contributed by atoms with Crippen molar-refractivity contribution in [3.63, 3.8) is 0 Å². The highest BCUT2D eigenvalue weighted by Gasteiger charge is 2.34. The van der Waals surface area contributed by atoms with Crippen molar-refractivity contribution in [1.82, 2.24) is 5.32 Å². The minimum absolute atomic E-state index is 0.0199. The fourth-order valence-corrected chi connectivity index (χ4v) is 2.64. The molecule has 1 aliphatic heterocycles. The lowest BCUT2D eigenvalue weighted by atomic mass is 10.0. The van der Waals surface area contributed by atoms with Gasteiger partial charge in [-0.25, -0.2) is 8.78 Å². The third-order valence-corrected chi connectivity index (χ3v) is 4.00. The van der Waals surface area contributed by atoms with E-state index in [-0.39, 0.29) is 24.9 Å². The molecule has 0 spiro atoms. The average Bonchev–Trinajstić information content (AvgIpc) is 2.88. The van der Waals surface area contributed by atoms with Crippen LogP contribution in [0.5, 0.6) is 0 Å². The van der Waals surface area contributed by atoms with Gasteiger partial charge in [-0.15, -0.1) is 11.8 Å². The molecule has 2 atom stereocenters. The zero-order chi connectivity index (χ0) is 15.4. The second kappa shape index (κ2) is 6.86. The molecule has 1 saturated heterocycles. The van der Waals surface area contributed by atoms with Gasteiger partial charge in [-0.2, -0.15) is 0 Å². The molecule has 0 radical (unpaired) electrons. The van der Waals surface area contributed by atoms with Crippen LogP contribution >= 0.6 is 11.8 Å². The van der Waals surface area contributed by atoms with Crippen LogP contribution in [0.15, 0.2) is 23.1 Å². The number of thioether (sulfide) groups is 1. The van der Waals surface area contributed by atoms with Gasteiger partial charge in [0, 0.05) is 4.90 Å². The van der Waals surface area contributed by atoms with Crippen LogP contribution in [-0.4, -0.2) is 42.0 Å². The van der Waals surface area contributed by atoms with E-state index in [1.807, 2.05) is 0 Å². The van der Waals surface area contributed by atoms with Crippen LogP contribution < -0.4 is 5.32 Å². The largest absolute Gasteiger partial charge is 0.481 e. The summed E-state index contributed by atoms with van der Waals surface area (Å²) in [5.74, 6) is -4.11. The normalized spacial score (nSPS) is 21.2. The fourth-order valence-electron chi connectivity index (χ4n) is 1.90. The highest BCUT2D eigenvalue weighted by atomic mass is 32.2. The maximum atomic E-state index is 13.0. The van der Waals surface area contributed by atoms with E-state index in [9.17, 15) is 18.4 Å². The Morgan fingerprint density at radius 3 is 2.76 bits per heavy atom. The van der Waals surface area contributed by atoms with Crippen molar-refractivity contribution in [2.45, 2.75) is 10.9 Å². The molecular weight excluding hydrogens is 304 g/mol. The fraction of sp³-hybridized carbons (Fsp3) is 0.385. The lowest BCUT2D eigenvalue weighted by Gasteiger charge is -2.15. The molecule has 1 amide bonds. The van der Waals surface area contributed by atoms with E-state index in [0.717, 1.165) is 23.9 Å². The summed E-state index contributed by atoms with van der Waals surface area (Å²) in [7, 11) is 0. The molecule has 8 heteroatoms. The highest BCUT2D eigenvalue weighted by Crippen LogP contribution is 2.20. The van der Waals surface area contributed by atoms with Crippen molar-refractivity contribution < 1.29 is 28.2 Å². The van der Waals surface area contributed by atoms with E-state index in [1.54, 1.807) is 0 Å². The van der Waals surface area contributed by atoms with Crippen molar-refractivity contribution in [2.75, 3.05) is 19.0 Å². The summed E-state index contributed by atoms with van der Waals surface area (Å²) in [5, 5.41) is 11.5. The summed E-state index contributed by atoms with van der Waals surface area (Å²) in [6.45, 7) is 0.217. The number of nitrogens with one attached hydrogen (secondary N) is 1. The summed E-state index contributed by atoms with van der Waals surface area (Å²) < 4.78 is 30.8. The first-order valence-corrected chi connectivity index (χ1v) is 7.13. The monoisotopic (exact) mass is 317 g/mol. The number of amides is 1. The van der Waals surface area contributed by atoms with Gasteiger partial charge in [-0.1, -0.05) is 0 Å². The number of rotatable bonds is 5. The zero-order valence-corrected chi connectivity index (χ0v) is 11.7. The number of carboxylic acids is 1. The van der Waals surface area contributed by atoms with Gasteiger partial charge in [-0.3, -0.25) is 9.59 Å². The van der Waals surface area contributed by atoms with Crippen LogP contribution in [-0.2, 0) is 14.3 Å².